The number of hydrogen-bond acceptors (Lipinski definition) is 3. The van der Waals surface area contributed by atoms with Gasteiger partial charge in [-0.25, -0.2) is 0 Å². The Labute approximate surface area is 257 Å². The van der Waals surface area contributed by atoms with Gasteiger partial charge in [0.05, 0.1) is 10.4 Å². The number of benzene rings is 7. The van der Waals surface area contributed by atoms with Crippen molar-refractivity contribution in [2.45, 2.75) is 0 Å². The van der Waals surface area contributed by atoms with Gasteiger partial charge >= 0.3 is 0 Å². The minimum absolute atomic E-state index is 1.15. The summed E-state index contributed by atoms with van der Waals surface area (Å²) in [7, 11) is 0. The van der Waals surface area contributed by atoms with Gasteiger partial charge in [-0.3, -0.25) is 0 Å². The summed E-state index contributed by atoms with van der Waals surface area (Å²) in [5, 5.41) is 7.83. The molecule has 9 rings (SSSR count). The van der Waals surface area contributed by atoms with Crippen molar-refractivity contribution in [1.29, 1.82) is 0 Å². The number of hydrogen-bond donors (Lipinski definition) is 0. The van der Waals surface area contributed by atoms with E-state index in [0.29, 0.717) is 0 Å². The Hall–Kier alpha value is -4.96. The SMILES string of the molecule is c1ccc(-c2ccc(N(c3ccc4sc5ccccc5c4c3)c3cc4ccccc4c4c3sc3ccccc34)cc2)cc1. The maximum Gasteiger partial charge on any atom is 0.0646 e. The molecular weight excluding hydrogens is 559 g/mol. The lowest BCUT2D eigenvalue weighted by molar-refractivity contribution is 1.31. The van der Waals surface area contributed by atoms with Crippen LogP contribution in [0.1, 0.15) is 0 Å². The summed E-state index contributed by atoms with van der Waals surface area (Å²) in [4.78, 5) is 2.46. The van der Waals surface area contributed by atoms with Crippen LogP contribution in [-0.2, 0) is 0 Å². The summed E-state index contributed by atoms with van der Waals surface area (Å²) in [5.41, 5.74) is 5.96. The van der Waals surface area contributed by atoms with E-state index in [1.54, 1.807) is 0 Å². The summed E-state index contributed by atoms with van der Waals surface area (Å²) in [5.74, 6) is 0. The van der Waals surface area contributed by atoms with Gasteiger partial charge in [0, 0.05) is 47.0 Å². The Morgan fingerprint density at radius 3 is 1.81 bits per heavy atom. The molecule has 1 nitrogen and oxygen atoms in total. The van der Waals surface area contributed by atoms with Crippen molar-refractivity contribution in [3.63, 3.8) is 0 Å². The molecular formula is C40H25NS2. The monoisotopic (exact) mass is 583 g/mol. The third-order valence-electron chi connectivity index (χ3n) is 8.44. The van der Waals surface area contributed by atoms with Crippen LogP contribution in [0.25, 0.3) is 62.2 Å². The number of nitrogens with zero attached hydrogens (tertiary/aromatic N) is 1. The van der Waals surface area contributed by atoms with Gasteiger partial charge in [-0.15, -0.1) is 22.7 Å². The molecule has 202 valence electrons. The van der Waals surface area contributed by atoms with Crippen molar-refractivity contribution in [2.75, 3.05) is 4.90 Å². The second kappa shape index (κ2) is 9.81. The summed E-state index contributed by atoms with van der Waals surface area (Å²) in [6.45, 7) is 0. The van der Waals surface area contributed by atoms with E-state index in [2.05, 4.69) is 157 Å². The zero-order valence-corrected chi connectivity index (χ0v) is 24.8. The van der Waals surface area contributed by atoms with Crippen molar-refractivity contribution in [3.8, 4) is 11.1 Å². The third kappa shape index (κ3) is 3.97. The molecule has 0 fully saturated rings. The van der Waals surface area contributed by atoms with Crippen LogP contribution in [0.4, 0.5) is 17.1 Å². The molecule has 0 saturated carbocycles. The average molecular weight is 584 g/mol. The second-order valence-electron chi connectivity index (χ2n) is 10.9. The summed E-state index contributed by atoms with van der Waals surface area (Å²) in [6.07, 6.45) is 0. The summed E-state index contributed by atoms with van der Waals surface area (Å²) in [6, 6.07) is 55.4. The first-order valence-electron chi connectivity index (χ1n) is 14.5. The number of thiophene rings is 2. The second-order valence-corrected chi connectivity index (χ2v) is 13.1. The highest BCUT2D eigenvalue weighted by atomic mass is 32.1. The Morgan fingerprint density at radius 1 is 0.395 bits per heavy atom. The highest BCUT2D eigenvalue weighted by Gasteiger charge is 2.21. The predicted molar refractivity (Wildman–Crippen MR) is 190 cm³/mol. The topological polar surface area (TPSA) is 3.24 Å². The molecule has 0 N–H and O–H groups in total. The van der Waals surface area contributed by atoms with Crippen LogP contribution >= 0.6 is 22.7 Å². The minimum atomic E-state index is 1.15. The van der Waals surface area contributed by atoms with Crippen LogP contribution in [0.3, 0.4) is 0 Å². The maximum absolute atomic E-state index is 2.46. The molecule has 0 atom stereocenters. The zero-order valence-electron chi connectivity index (χ0n) is 23.2. The fourth-order valence-electron chi connectivity index (χ4n) is 6.44. The quantitative estimate of drug-likeness (QED) is 0.199. The van der Waals surface area contributed by atoms with Gasteiger partial charge in [0.1, 0.15) is 0 Å². The van der Waals surface area contributed by atoms with Gasteiger partial charge < -0.3 is 4.90 Å². The van der Waals surface area contributed by atoms with E-state index in [9.17, 15) is 0 Å². The molecule has 0 aliphatic carbocycles. The number of rotatable bonds is 4. The molecule has 0 saturated heterocycles. The van der Waals surface area contributed by atoms with E-state index in [-0.39, 0.29) is 0 Å². The molecule has 0 aliphatic heterocycles. The van der Waals surface area contributed by atoms with Gasteiger partial charge in [-0.2, -0.15) is 0 Å². The van der Waals surface area contributed by atoms with Crippen LogP contribution in [0.5, 0.6) is 0 Å². The molecule has 7 aromatic carbocycles. The Bertz CT molecular complexity index is 2450. The van der Waals surface area contributed by atoms with E-state index in [0.717, 1.165) is 11.4 Å². The molecule has 0 bridgehead atoms. The van der Waals surface area contributed by atoms with E-state index >= 15 is 0 Å². The smallest absolute Gasteiger partial charge is 0.0646 e. The van der Waals surface area contributed by atoms with Gasteiger partial charge in [-0.1, -0.05) is 103 Å². The lowest BCUT2D eigenvalue weighted by atomic mass is 10.0. The first-order valence-corrected chi connectivity index (χ1v) is 16.1. The first-order chi connectivity index (χ1) is 21.3. The lowest BCUT2D eigenvalue weighted by Gasteiger charge is -2.27. The van der Waals surface area contributed by atoms with Crippen molar-refractivity contribution in [1.82, 2.24) is 0 Å². The van der Waals surface area contributed by atoms with Crippen LogP contribution in [0.2, 0.25) is 0 Å². The standard InChI is InChI=1S/C40H25NS2/c1-2-10-26(11-3-1)27-18-20-29(21-19-27)41(30-22-23-38-34(25-30)32-14-6-8-16-36(32)42-38)35-24-28-12-4-5-13-31(28)39-33-15-7-9-17-37(33)43-40(35)39/h1-25H. The molecule has 0 spiro atoms. The van der Waals surface area contributed by atoms with Gasteiger partial charge in [0.25, 0.3) is 0 Å². The Morgan fingerprint density at radius 2 is 1.00 bits per heavy atom. The molecule has 0 amide bonds. The van der Waals surface area contributed by atoms with Crippen LogP contribution < -0.4 is 4.90 Å². The average Bonchev–Trinajstić information content (AvgIpc) is 3.65. The van der Waals surface area contributed by atoms with E-state index in [1.807, 2.05) is 22.7 Å². The largest absolute Gasteiger partial charge is 0.309 e. The zero-order chi connectivity index (χ0) is 28.3. The highest BCUT2D eigenvalue weighted by Crippen LogP contribution is 2.49. The number of fused-ring (bicyclic) bond motifs is 8. The molecule has 0 radical (unpaired) electrons. The van der Waals surface area contributed by atoms with Crippen LogP contribution in [-0.4, -0.2) is 0 Å². The van der Waals surface area contributed by atoms with E-state index in [4.69, 9.17) is 0 Å². The molecule has 43 heavy (non-hydrogen) atoms. The number of anilines is 3. The minimum Gasteiger partial charge on any atom is -0.309 e. The molecule has 2 aromatic heterocycles. The summed E-state index contributed by atoms with van der Waals surface area (Å²) < 4.78 is 5.26. The molecule has 9 aromatic rings. The Balaban J connectivity index is 1.34. The van der Waals surface area contributed by atoms with Crippen molar-refractivity contribution < 1.29 is 0 Å². The van der Waals surface area contributed by atoms with E-state index in [1.165, 1.54) is 67.9 Å². The maximum atomic E-state index is 2.46. The lowest BCUT2D eigenvalue weighted by Crippen LogP contribution is -2.10. The van der Waals surface area contributed by atoms with Crippen molar-refractivity contribution in [2.24, 2.45) is 0 Å². The van der Waals surface area contributed by atoms with Crippen molar-refractivity contribution in [3.05, 3.63) is 152 Å². The fourth-order valence-corrected chi connectivity index (χ4v) is 8.75. The van der Waals surface area contributed by atoms with Gasteiger partial charge in [-0.05, 0) is 70.4 Å². The van der Waals surface area contributed by atoms with Crippen LogP contribution in [0, 0.1) is 0 Å². The molecule has 0 aliphatic rings. The fraction of sp³-hybridized carbons (Fsp3) is 0. The molecule has 0 unspecified atom stereocenters. The van der Waals surface area contributed by atoms with Gasteiger partial charge in [0.15, 0.2) is 0 Å². The molecule has 2 heterocycles. The van der Waals surface area contributed by atoms with Crippen molar-refractivity contribution >= 4 is 90.9 Å². The summed E-state index contributed by atoms with van der Waals surface area (Å²) >= 11 is 3.75. The van der Waals surface area contributed by atoms with Crippen LogP contribution in [0.15, 0.2) is 152 Å². The third-order valence-corrected chi connectivity index (χ3v) is 10.8. The van der Waals surface area contributed by atoms with E-state index < -0.39 is 0 Å². The highest BCUT2D eigenvalue weighted by molar-refractivity contribution is 7.26. The first kappa shape index (κ1) is 24.6. The van der Waals surface area contributed by atoms with Gasteiger partial charge in [0.2, 0.25) is 0 Å². The predicted octanol–water partition coefficient (Wildman–Crippen LogP) is 12.7. The Kier molecular flexibility index (Phi) is 5.62. The normalized spacial score (nSPS) is 11.7. The molecule has 3 heteroatoms.